The van der Waals surface area contributed by atoms with Crippen LogP contribution in [0.2, 0.25) is 0 Å². The largest absolute Gasteiger partial charge is 0.378 e. The number of benzene rings is 1. The molecule has 2 heterocycles. The van der Waals surface area contributed by atoms with E-state index in [1.807, 2.05) is 37.4 Å². The molecule has 0 unspecified atom stereocenters. The first-order valence-corrected chi connectivity index (χ1v) is 7.21. The lowest BCUT2D eigenvalue weighted by molar-refractivity contribution is 0.905. The summed E-state index contributed by atoms with van der Waals surface area (Å²) in [6, 6.07) is 9.53. The summed E-state index contributed by atoms with van der Waals surface area (Å²) >= 11 is 1.66. The molecule has 4 nitrogen and oxygen atoms in total. The van der Waals surface area contributed by atoms with Crippen molar-refractivity contribution in [1.29, 1.82) is 0 Å². The van der Waals surface area contributed by atoms with E-state index < -0.39 is 0 Å². The first kappa shape index (κ1) is 12.9. The third-order valence-electron chi connectivity index (χ3n) is 3.25. The van der Waals surface area contributed by atoms with E-state index in [1.54, 1.807) is 29.0 Å². The highest BCUT2D eigenvalue weighted by atomic mass is 32.1. The molecule has 0 atom stereocenters. The van der Waals surface area contributed by atoms with Crippen LogP contribution in [0.25, 0.3) is 10.9 Å². The molecule has 0 aliphatic rings. The van der Waals surface area contributed by atoms with Gasteiger partial charge in [0, 0.05) is 35.3 Å². The molecule has 102 valence electrons. The third-order valence-corrected chi connectivity index (χ3v) is 4.17. The second-order valence-corrected chi connectivity index (χ2v) is 6.01. The van der Waals surface area contributed by atoms with Crippen LogP contribution in [-0.2, 0) is 13.6 Å². The molecule has 3 aromatic rings. The number of para-hydroxylation sites is 1. The Morgan fingerprint density at radius 1 is 1.35 bits per heavy atom. The van der Waals surface area contributed by atoms with Gasteiger partial charge in [0.25, 0.3) is 5.56 Å². The number of pyridine rings is 1. The number of rotatable bonds is 3. The summed E-state index contributed by atoms with van der Waals surface area (Å²) in [4.78, 5) is 17.5. The fraction of sp³-hybridized carbons (Fsp3) is 0.200. The number of nitrogens with zero attached hydrogens (tertiary/aromatic N) is 2. The van der Waals surface area contributed by atoms with Crippen LogP contribution in [0.1, 0.15) is 9.88 Å². The van der Waals surface area contributed by atoms with E-state index in [2.05, 4.69) is 10.3 Å². The predicted molar refractivity (Wildman–Crippen MR) is 83.4 cm³/mol. The number of aromatic nitrogens is 2. The zero-order chi connectivity index (χ0) is 14.1. The van der Waals surface area contributed by atoms with Crippen molar-refractivity contribution in [3.63, 3.8) is 0 Å². The molecule has 0 saturated heterocycles. The summed E-state index contributed by atoms with van der Waals surface area (Å²) in [6.45, 7) is 2.67. The molecule has 3 rings (SSSR count). The molecule has 0 aliphatic heterocycles. The van der Waals surface area contributed by atoms with Gasteiger partial charge in [0.15, 0.2) is 0 Å². The number of thiazole rings is 1. The van der Waals surface area contributed by atoms with Crippen molar-refractivity contribution < 1.29 is 0 Å². The van der Waals surface area contributed by atoms with Gasteiger partial charge in [0.1, 0.15) is 5.01 Å². The van der Waals surface area contributed by atoms with Crippen molar-refractivity contribution in [1.82, 2.24) is 9.55 Å². The molecule has 2 aromatic heterocycles. The van der Waals surface area contributed by atoms with Gasteiger partial charge in [-0.25, -0.2) is 4.98 Å². The highest BCUT2D eigenvalue weighted by Crippen LogP contribution is 2.22. The lowest BCUT2D eigenvalue weighted by Crippen LogP contribution is -2.17. The van der Waals surface area contributed by atoms with Gasteiger partial charge in [-0.05, 0) is 13.0 Å². The quantitative estimate of drug-likeness (QED) is 0.805. The van der Waals surface area contributed by atoms with Gasteiger partial charge in [-0.1, -0.05) is 18.2 Å². The van der Waals surface area contributed by atoms with Crippen LogP contribution < -0.4 is 10.9 Å². The van der Waals surface area contributed by atoms with Gasteiger partial charge in [0.05, 0.1) is 12.1 Å². The molecule has 0 fully saturated rings. The number of nitrogens with one attached hydrogen (secondary N) is 1. The average Bonchev–Trinajstić information content (AvgIpc) is 2.87. The summed E-state index contributed by atoms with van der Waals surface area (Å²) < 4.78 is 1.66. The van der Waals surface area contributed by atoms with E-state index in [9.17, 15) is 4.79 Å². The predicted octanol–water partition coefficient (Wildman–Crippen LogP) is 2.92. The average molecular weight is 285 g/mol. The van der Waals surface area contributed by atoms with E-state index in [4.69, 9.17) is 0 Å². The summed E-state index contributed by atoms with van der Waals surface area (Å²) in [5.74, 6) is 0. The van der Waals surface area contributed by atoms with Crippen LogP contribution in [0.3, 0.4) is 0 Å². The van der Waals surface area contributed by atoms with E-state index in [-0.39, 0.29) is 5.56 Å². The topological polar surface area (TPSA) is 46.9 Å². The van der Waals surface area contributed by atoms with Gasteiger partial charge in [-0.15, -0.1) is 11.3 Å². The van der Waals surface area contributed by atoms with Crippen LogP contribution in [-0.4, -0.2) is 9.55 Å². The number of fused-ring (bicyclic) bond motifs is 1. The lowest BCUT2D eigenvalue weighted by atomic mass is 10.2. The van der Waals surface area contributed by atoms with Gasteiger partial charge < -0.3 is 9.88 Å². The van der Waals surface area contributed by atoms with Gasteiger partial charge in [-0.3, -0.25) is 4.79 Å². The summed E-state index contributed by atoms with van der Waals surface area (Å²) in [5.41, 5.74) is 1.77. The molecule has 1 N–H and O–H groups in total. The first-order valence-electron chi connectivity index (χ1n) is 6.39. The van der Waals surface area contributed by atoms with E-state index in [0.29, 0.717) is 6.54 Å². The van der Waals surface area contributed by atoms with Crippen LogP contribution in [0.4, 0.5) is 5.69 Å². The van der Waals surface area contributed by atoms with Crippen molar-refractivity contribution in [2.45, 2.75) is 13.5 Å². The zero-order valence-electron chi connectivity index (χ0n) is 11.4. The van der Waals surface area contributed by atoms with Crippen LogP contribution in [0, 0.1) is 6.92 Å². The van der Waals surface area contributed by atoms with Crippen molar-refractivity contribution in [2.75, 3.05) is 5.32 Å². The highest BCUT2D eigenvalue weighted by Gasteiger charge is 2.06. The monoisotopic (exact) mass is 285 g/mol. The second-order valence-electron chi connectivity index (χ2n) is 4.69. The van der Waals surface area contributed by atoms with Gasteiger partial charge >= 0.3 is 0 Å². The summed E-state index contributed by atoms with van der Waals surface area (Å²) in [5, 5.41) is 5.38. The molecule has 0 saturated carbocycles. The summed E-state index contributed by atoms with van der Waals surface area (Å²) in [7, 11) is 1.79. The van der Waals surface area contributed by atoms with Crippen molar-refractivity contribution in [2.24, 2.45) is 7.05 Å². The maximum Gasteiger partial charge on any atom is 0.252 e. The first-order chi connectivity index (χ1) is 9.65. The Hall–Kier alpha value is -2.14. The Morgan fingerprint density at radius 2 is 2.15 bits per heavy atom. The van der Waals surface area contributed by atoms with Crippen molar-refractivity contribution in [3.05, 3.63) is 56.8 Å². The molecule has 1 aromatic carbocycles. The second kappa shape index (κ2) is 5.09. The standard InChI is InChI=1S/C15H15N3OS/c1-10-8-17-14(20-10)9-16-12-7-15(19)18(2)13-6-4-3-5-11(12)13/h3-8,16H,9H2,1-2H3. The van der Waals surface area contributed by atoms with Gasteiger partial charge in [0.2, 0.25) is 0 Å². The number of anilines is 1. The summed E-state index contributed by atoms with van der Waals surface area (Å²) in [6.07, 6.45) is 1.86. The molecular weight excluding hydrogens is 270 g/mol. The fourth-order valence-electron chi connectivity index (χ4n) is 2.21. The Balaban J connectivity index is 1.99. The molecular formula is C15H15N3OS. The highest BCUT2D eigenvalue weighted by molar-refractivity contribution is 7.11. The molecule has 0 spiro atoms. The Morgan fingerprint density at radius 3 is 2.90 bits per heavy atom. The minimum atomic E-state index is -0.0125. The SMILES string of the molecule is Cc1cnc(CNc2cc(=O)n(C)c3ccccc23)s1. The molecule has 0 aliphatic carbocycles. The van der Waals surface area contributed by atoms with Crippen LogP contribution >= 0.6 is 11.3 Å². The van der Waals surface area contributed by atoms with E-state index >= 15 is 0 Å². The molecule has 0 amide bonds. The van der Waals surface area contributed by atoms with E-state index in [1.165, 1.54) is 4.88 Å². The minimum absolute atomic E-state index is 0.0125. The molecule has 0 bridgehead atoms. The van der Waals surface area contributed by atoms with Crippen LogP contribution in [0.15, 0.2) is 41.3 Å². The lowest BCUT2D eigenvalue weighted by Gasteiger charge is -2.11. The van der Waals surface area contributed by atoms with Crippen molar-refractivity contribution in [3.8, 4) is 0 Å². The number of aryl methyl sites for hydroxylation is 2. The van der Waals surface area contributed by atoms with E-state index in [0.717, 1.165) is 21.6 Å². The Bertz CT molecular complexity index is 819. The maximum absolute atomic E-state index is 12.0. The molecule has 5 heteroatoms. The fourth-order valence-corrected chi connectivity index (χ4v) is 2.94. The number of hydrogen-bond donors (Lipinski definition) is 1. The Kier molecular flexibility index (Phi) is 3.28. The smallest absolute Gasteiger partial charge is 0.252 e. The molecule has 20 heavy (non-hydrogen) atoms. The van der Waals surface area contributed by atoms with Crippen LogP contribution in [0.5, 0.6) is 0 Å². The maximum atomic E-state index is 12.0. The molecule has 0 radical (unpaired) electrons. The zero-order valence-corrected chi connectivity index (χ0v) is 12.2. The normalized spacial score (nSPS) is 10.9. The minimum Gasteiger partial charge on any atom is -0.378 e. The third kappa shape index (κ3) is 2.32. The van der Waals surface area contributed by atoms with Gasteiger partial charge in [-0.2, -0.15) is 0 Å². The number of hydrogen-bond acceptors (Lipinski definition) is 4. The Labute approximate surface area is 120 Å². The van der Waals surface area contributed by atoms with Crippen molar-refractivity contribution >= 4 is 27.9 Å².